The normalized spacial score (nSPS) is 23.4. The lowest BCUT2D eigenvalue weighted by Gasteiger charge is -2.28. The van der Waals surface area contributed by atoms with Gasteiger partial charge in [-0.3, -0.25) is 4.98 Å². The van der Waals surface area contributed by atoms with Gasteiger partial charge in [-0.1, -0.05) is 18.2 Å². The van der Waals surface area contributed by atoms with Crippen LogP contribution < -0.4 is 0 Å². The maximum Gasteiger partial charge on any atom is 0.120 e. The van der Waals surface area contributed by atoms with Crippen LogP contribution in [0.25, 0.3) is 10.9 Å². The Morgan fingerprint density at radius 2 is 1.89 bits per heavy atom. The lowest BCUT2D eigenvalue weighted by atomic mass is 9.77. The van der Waals surface area contributed by atoms with E-state index < -0.39 is 0 Å². The van der Waals surface area contributed by atoms with Crippen molar-refractivity contribution in [1.82, 2.24) is 4.98 Å². The molecule has 0 unspecified atom stereocenters. The Hall–Kier alpha value is -1.70. The molecular formula is C17H19NO. The van der Waals surface area contributed by atoms with E-state index in [2.05, 4.69) is 29.2 Å². The standard InChI is InChI=1S/C17H19NO/c19-12-10-13-5-7-14(8-6-13)15-9-11-18-17-4-2-1-3-16(15)17/h1-4,9,11-14H,5-8,10H2. The number of carbonyl (C=O) groups excluding carboxylic acids is 1. The van der Waals surface area contributed by atoms with Crippen LogP contribution in [-0.2, 0) is 4.79 Å². The zero-order valence-corrected chi connectivity index (χ0v) is 11.1. The molecule has 2 nitrogen and oxygen atoms in total. The van der Waals surface area contributed by atoms with Gasteiger partial charge in [0.05, 0.1) is 5.52 Å². The Morgan fingerprint density at radius 3 is 2.68 bits per heavy atom. The van der Waals surface area contributed by atoms with Crippen molar-refractivity contribution < 1.29 is 4.79 Å². The van der Waals surface area contributed by atoms with Gasteiger partial charge in [0.15, 0.2) is 0 Å². The van der Waals surface area contributed by atoms with Crippen LogP contribution in [0.5, 0.6) is 0 Å². The molecule has 0 amide bonds. The van der Waals surface area contributed by atoms with E-state index in [0.29, 0.717) is 11.8 Å². The summed E-state index contributed by atoms with van der Waals surface area (Å²) in [4.78, 5) is 15.0. The number of para-hydroxylation sites is 1. The number of pyridine rings is 1. The van der Waals surface area contributed by atoms with Crippen molar-refractivity contribution in [3.8, 4) is 0 Å². The summed E-state index contributed by atoms with van der Waals surface area (Å²) in [5.41, 5.74) is 2.53. The summed E-state index contributed by atoms with van der Waals surface area (Å²) in [6.45, 7) is 0. The Kier molecular flexibility index (Phi) is 3.58. The molecule has 98 valence electrons. The number of carbonyl (C=O) groups is 1. The third-order valence-corrected chi connectivity index (χ3v) is 4.40. The minimum absolute atomic E-state index is 0.613. The number of fused-ring (bicyclic) bond motifs is 1. The number of nitrogens with zero attached hydrogens (tertiary/aromatic N) is 1. The summed E-state index contributed by atoms with van der Waals surface area (Å²) < 4.78 is 0. The molecule has 0 bridgehead atoms. The average Bonchev–Trinajstić information content (AvgIpc) is 2.48. The molecule has 19 heavy (non-hydrogen) atoms. The van der Waals surface area contributed by atoms with E-state index >= 15 is 0 Å². The predicted octanol–water partition coefficient (Wildman–Crippen LogP) is 4.10. The van der Waals surface area contributed by atoms with Gasteiger partial charge in [0.25, 0.3) is 0 Å². The lowest BCUT2D eigenvalue weighted by molar-refractivity contribution is -0.108. The first-order valence-corrected chi connectivity index (χ1v) is 7.16. The van der Waals surface area contributed by atoms with Crippen LogP contribution in [0.2, 0.25) is 0 Å². The van der Waals surface area contributed by atoms with E-state index in [0.717, 1.165) is 18.2 Å². The predicted molar refractivity (Wildman–Crippen MR) is 77.1 cm³/mol. The molecule has 0 atom stereocenters. The second-order valence-corrected chi connectivity index (χ2v) is 5.54. The first-order chi connectivity index (χ1) is 9.38. The molecule has 1 aromatic heterocycles. The Morgan fingerprint density at radius 1 is 1.11 bits per heavy atom. The molecule has 0 spiro atoms. The van der Waals surface area contributed by atoms with Crippen molar-refractivity contribution in [3.63, 3.8) is 0 Å². The van der Waals surface area contributed by atoms with Crippen molar-refractivity contribution >= 4 is 17.2 Å². The summed E-state index contributed by atoms with van der Waals surface area (Å²) in [7, 11) is 0. The van der Waals surface area contributed by atoms with Crippen molar-refractivity contribution in [3.05, 3.63) is 42.1 Å². The molecule has 2 heteroatoms. The third kappa shape index (κ3) is 2.53. The van der Waals surface area contributed by atoms with Gasteiger partial charge in [0.2, 0.25) is 0 Å². The summed E-state index contributed by atoms with van der Waals surface area (Å²) in [6.07, 6.45) is 8.50. The Balaban J connectivity index is 1.84. The van der Waals surface area contributed by atoms with E-state index in [4.69, 9.17) is 0 Å². The average molecular weight is 253 g/mol. The van der Waals surface area contributed by atoms with Crippen molar-refractivity contribution in [2.24, 2.45) is 5.92 Å². The van der Waals surface area contributed by atoms with Gasteiger partial charge >= 0.3 is 0 Å². The second kappa shape index (κ2) is 5.52. The zero-order valence-electron chi connectivity index (χ0n) is 11.1. The molecule has 1 heterocycles. The SMILES string of the molecule is O=CCC1CCC(c2ccnc3ccccc23)CC1. The topological polar surface area (TPSA) is 30.0 Å². The van der Waals surface area contributed by atoms with Crippen LogP contribution in [0.3, 0.4) is 0 Å². The monoisotopic (exact) mass is 253 g/mol. The highest BCUT2D eigenvalue weighted by molar-refractivity contribution is 5.82. The highest BCUT2D eigenvalue weighted by Gasteiger charge is 2.23. The molecule has 1 aliphatic rings. The molecular weight excluding hydrogens is 234 g/mol. The largest absolute Gasteiger partial charge is 0.303 e. The summed E-state index contributed by atoms with van der Waals surface area (Å²) >= 11 is 0. The lowest BCUT2D eigenvalue weighted by Crippen LogP contribution is -2.14. The van der Waals surface area contributed by atoms with Crippen LogP contribution in [0, 0.1) is 5.92 Å². The third-order valence-electron chi connectivity index (χ3n) is 4.40. The smallest absolute Gasteiger partial charge is 0.120 e. The summed E-state index contributed by atoms with van der Waals surface area (Å²) in [5.74, 6) is 1.25. The molecule has 0 aliphatic heterocycles. The van der Waals surface area contributed by atoms with Gasteiger partial charge < -0.3 is 4.79 Å². The van der Waals surface area contributed by atoms with Crippen molar-refractivity contribution in [1.29, 1.82) is 0 Å². The molecule has 1 aliphatic carbocycles. The van der Waals surface area contributed by atoms with Gasteiger partial charge in [-0.05, 0) is 55.2 Å². The number of aldehydes is 1. The molecule has 2 aromatic rings. The molecule has 0 N–H and O–H groups in total. The molecule has 3 rings (SSSR count). The summed E-state index contributed by atoms with van der Waals surface area (Å²) in [5, 5.41) is 1.30. The van der Waals surface area contributed by atoms with Gasteiger partial charge in [0, 0.05) is 18.0 Å². The molecule has 1 fully saturated rings. The van der Waals surface area contributed by atoms with Gasteiger partial charge in [-0.2, -0.15) is 0 Å². The fraction of sp³-hybridized carbons (Fsp3) is 0.412. The molecule has 1 aromatic carbocycles. The zero-order chi connectivity index (χ0) is 13.1. The van der Waals surface area contributed by atoms with Crippen LogP contribution in [-0.4, -0.2) is 11.3 Å². The van der Waals surface area contributed by atoms with E-state index in [1.807, 2.05) is 12.3 Å². The first kappa shape index (κ1) is 12.3. The van der Waals surface area contributed by atoms with Crippen LogP contribution in [0.4, 0.5) is 0 Å². The number of rotatable bonds is 3. The maximum absolute atomic E-state index is 10.6. The Labute approximate surface area is 113 Å². The van der Waals surface area contributed by atoms with E-state index in [1.54, 1.807) is 0 Å². The van der Waals surface area contributed by atoms with Crippen LogP contribution >= 0.6 is 0 Å². The minimum atomic E-state index is 0.613. The first-order valence-electron chi connectivity index (χ1n) is 7.16. The highest BCUT2D eigenvalue weighted by atomic mass is 16.1. The summed E-state index contributed by atoms with van der Waals surface area (Å²) in [6, 6.07) is 10.6. The van der Waals surface area contributed by atoms with E-state index in [1.165, 1.54) is 36.6 Å². The number of hydrogen-bond acceptors (Lipinski definition) is 2. The van der Waals surface area contributed by atoms with Crippen LogP contribution in [0.1, 0.15) is 43.6 Å². The van der Waals surface area contributed by atoms with Crippen molar-refractivity contribution in [2.45, 2.75) is 38.0 Å². The fourth-order valence-corrected chi connectivity index (χ4v) is 3.32. The van der Waals surface area contributed by atoms with Gasteiger partial charge in [0.1, 0.15) is 6.29 Å². The highest BCUT2D eigenvalue weighted by Crippen LogP contribution is 2.38. The van der Waals surface area contributed by atoms with Crippen molar-refractivity contribution in [2.75, 3.05) is 0 Å². The second-order valence-electron chi connectivity index (χ2n) is 5.54. The van der Waals surface area contributed by atoms with Crippen LogP contribution in [0.15, 0.2) is 36.5 Å². The quantitative estimate of drug-likeness (QED) is 0.771. The van der Waals surface area contributed by atoms with E-state index in [9.17, 15) is 4.79 Å². The fourth-order valence-electron chi connectivity index (χ4n) is 3.32. The van der Waals surface area contributed by atoms with Gasteiger partial charge in [-0.25, -0.2) is 0 Å². The maximum atomic E-state index is 10.6. The molecule has 0 saturated heterocycles. The molecule has 0 radical (unpaired) electrons. The Bertz CT molecular complexity index is 565. The minimum Gasteiger partial charge on any atom is -0.303 e. The molecule has 1 saturated carbocycles. The van der Waals surface area contributed by atoms with Gasteiger partial charge in [-0.15, -0.1) is 0 Å². The number of aromatic nitrogens is 1. The number of hydrogen-bond donors (Lipinski definition) is 0. The number of benzene rings is 1. The van der Waals surface area contributed by atoms with E-state index in [-0.39, 0.29) is 0 Å².